The van der Waals surface area contributed by atoms with E-state index in [0.717, 1.165) is 12.8 Å². The number of sulfonamides is 1. The lowest BCUT2D eigenvalue weighted by Crippen LogP contribution is -2.25. The summed E-state index contributed by atoms with van der Waals surface area (Å²) in [5, 5.41) is 3.31. The molecule has 2 rings (SSSR count). The second kappa shape index (κ2) is 10.5. The van der Waals surface area contributed by atoms with E-state index >= 15 is 0 Å². The quantitative estimate of drug-likeness (QED) is 0.563. The van der Waals surface area contributed by atoms with Gasteiger partial charge in [0, 0.05) is 29.4 Å². The highest BCUT2D eigenvalue weighted by atomic mass is 35.5. The molecule has 0 fully saturated rings. The minimum atomic E-state index is -3.81. The lowest BCUT2D eigenvalue weighted by Gasteiger charge is -2.10. The normalized spacial score (nSPS) is 11.4. The summed E-state index contributed by atoms with van der Waals surface area (Å²) < 4.78 is 33.0. The number of benzene rings is 2. The van der Waals surface area contributed by atoms with Crippen molar-refractivity contribution in [2.75, 3.05) is 17.9 Å². The van der Waals surface area contributed by atoms with E-state index in [2.05, 4.69) is 10.0 Å². The fourth-order valence-corrected chi connectivity index (χ4v) is 3.62. The summed E-state index contributed by atoms with van der Waals surface area (Å²) >= 11 is 5.81. The largest absolute Gasteiger partial charge is 0.379 e. The fraction of sp³-hybridized carbons (Fsp3) is 0.350. The van der Waals surface area contributed by atoms with Crippen molar-refractivity contribution in [2.24, 2.45) is 0 Å². The van der Waals surface area contributed by atoms with Gasteiger partial charge in [0.25, 0.3) is 15.9 Å². The Kier molecular flexibility index (Phi) is 8.29. The summed E-state index contributed by atoms with van der Waals surface area (Å²) in [6.45, 7) is 5.10. The topological polar surface area (TPSA) is 84.5 Å². The predicted octanol–water partition coefficient (Wildman–Crippen LogP) is 4.08. The summed E-state index contributed by atoms with van der Waals surface area (Å²) in [4.78, 5) is 12.3. The Hall–Kier alpha value is -2.09. The molecule has 0 heterocycles. The molecule has 0 aliphatic carbocycles. The lowest BCUT2D eigenvalue weighted by molar-refractivity contribution is 0.0754. The Labute approximate surface area is 171 Å². The van der Waals surface area contributed by atoms with Crippen LogP contribution in [0.1, 0.15) is 37.0 Å². The van der Waals surface area contributed by atoms with E-state index in [-0.39, 0.29) is 22.5 Å². The Balaban J connectivity index is 1.94. The summed E-state index contributed by atoms with van der Waals surface area (Å²) in [6, 6.07) is 12.2. The van der Waals surface area contributed by atoms with Crippen molar-refractivity contribution in [1.82, 2.24) is 5.32 Å². The van der Waals surface area contributed by atoms with Crippen LogP contribution in [0.5, 0.6) is 0 Å². The zero-order valence-corrected chi connectivity index (χ0v) is 17.5. The molecule has 0 saturated heterocycles. The predicted molar refractivity (Wildman–Crippen MR) is 111 cm³/mol. The number of carbonyl (C=O) groups is 1. The van der Waals surface area contributed by atoms with Crippen molar-refractivity contribution in [3.05, 3.63) is 59.1 Å². The highest BCUT2D eigenvalue weighted by Crippen LogP contribution is 2.19. The molecule has 0 aliphatic rings. The van der Waals surface area contributed by atoms with Crippen LogP contribution in [0, 0.1) is 0 Å². The number of halogens is 1. The number of carbonyl (C=O) groups excluding carboxylic acids is 1. The molecule has 6 nitrogen and oxygen atoms in total. The van der Waals surface area contributed by atoms with Gasteiger partial charge >= 0.3 is 0 Å². The van der Waals surface area contributed by atoms with E-state index < -0.39 is 10.0 Å². The molecule has 152 valence electrons. The van der Waals surface area contributed by atoms with E-state index in [4.69, 9.17) is 16.3 Å². The third-order valence-corrected chi connectivity index (χ3v) is 5.44. The molecule has 0 bridgehead atoms. The second-order valence-electron chi connectivity index (χ2n) is 6.52. The van der Waals surface area contributed by atoms with Crippen molar-refractivity contribution >= 4 is 33.2 Å². The van der Waals surface area contributed by atoms with Crippen molar-refractivity contribution < 1.29 is 17.9 Å². The molecule has 0 saturated carbocycles. The first kappa shape index (κ1) is 22.2. The molecular weight excluding hydrogens is 400 g/mol. The van der Waals surface area contributed by atoms with Crippen LogP contribution in [0.15, 0.2) is 53.4 Å². The van der Waals surface area contributed by atoms with E-state index in [1.807, 2.05) is 13.8 Å². The standard InChI is InChI=1S/C20H25ClN2O4S/c1-15(2)27-13-4-3-12-22-20(24)16-6-5-7-19(14-16)28(25,26)23-18-10-8-17(21)9-11-18/h5-11,14-15,23H,3-4,12-13H2,1-2H3,(H,22,24). The summed E-state index contributed by atoms with van der Waals surface area (Å²) in [5.41, 5.74) is 0.681. The number of hydrogen-bond acceptors (Lipinski definition) is 4. The van der Waals surface area contributed by atoms with Crippen molar-refractivity contribution in [1.29, 1.82) is 0 Å². The molecule has 1 amide bonds. The molecule has 8 heteroatoms. The van der Waals surface area contributed by atoms with Gasteiger partial charge in [-0.25, -0.2) is 8.42 Å². The average molecular weight is 425 g/mol. The number of ether oxygens (including phenoxy) is 1. The number of hydrogen-bond donors (Lipinski definition) is 2. The number of nitrogens with one attached hydrogen (secondary N) is 2. The molecule has 2 aromatic rings. The lowest BCUT2D eigenvalue weighted by atomic mass is 10.2. The van der Waals surface area contributed by atoms with Gasteiger partial charge < -0.3 is 10.1 Å². The Morgan fingerprint density at radius 2 is 1.82 bits per heavy atom. The molecule has 0 atom stereocenters. The Bertz CT molecular complexity index is 883. The Morgan fingerprint density at radius 3 is 2.50 bits per heavy atom. The summed E-state index contributed by atoms with van der Waals surface area (Å²) in [5.74, 6) is -0.312. The van der Waals surface area contributed by atoms with Crippen molar-refractivity contribution in [3.63, 3.8) is 0 Å². The van der Waals surface area contributed by atoms with Crippen LogP contribution >= 0.6 is 11.6 Å². The average Bonchev–Trinajstić information content (AvgIpc) is 2.66. The molecule has 2 N–H and O–H groups in total. The molecule has 0 radical (unpaired) electrons. The third kappa shape index (κ3) is 7.14. The maximum absolute atomic E-state index is 12.6. The van der Waals surface area contributed by atoms with Gasteiger partial charge in [0.1, 0.15) is 0 Å². The zero-order chi connectivity index (χ0) is 20.6. The number of unbranched alkanes of at least 4 members (excludes halogenated alkanes) is 1. The van der Waals surface area contributed by atoms with Crippen LogP contribution in [0.25, 0.3) is 0 Å². The fourth-order valence-electron chi connectivity index (χ4n) is 2.39. The first-order valence-electron chi connectivity index (χ1n) is 9.06. The zero-order valence-electron chi connectivity index (χ0n) is 15.9. The first-order valence-corrected chi connectivity index (χ1v) is 10.9. The molecule has 0 aromatic heterocycles. The highest BCUT2D eigenvalue weighted by Gasteiger charge is 2.16. The number of rotatable bonds is 10. The SMILES string of the molecule is CC(C)OCCCCNC(=O)c1cccc(S(=O)(=O)Nc2ccc(Cl)cc2)c1. The van der Waals surface area contributed by atoms with E-state index in [1.165, 1.54) is 12.1 Å². The van der Waals surface area contributed by atoms with Crippen LogP contribution in [0.4, 0.5) is 5.69 Å². The van der Waals surface area contributed by atoms with Crippen LogP contribution in [-0.2, 0) is 14.8 Å². The molecule has 2 aromatic carbocycles. The molecule has 0 unspecified atom stereocenters. The van der Waals surface area contributed by atoms with Gasteiger partial charge in [-0.15, -0.1) is 0 Å². The minimum Gasteiger partial charge on any atom is -0.379 e. The maximum atomic E-state index is 12.6. The monoisotopic (exact) mass is 424 g/mol. The van der Waals surface area contributed by atoms with E-state index in [1.54, 1.807) is 36.4 Å². The van der Waals surface area contributed by atoms with Gasteiger partial charge in [0.05, 0.1) is 11.0 Å². The van der Waals surface area contributed by atoms with Gasteiger partial charge in [-0.1, -0.05) is 17.7 Å². The van der Waals surface area contributed by atoms with Crippen LogP contribution in [-0.4, -0.2) is 33.6 Å². The molecule has 28 heavy (non-hydrogen) atoms. The second-order valence-corrected chi connectivity index (χ2v) is 8.64. The first-order chi connectivity index (χ1) is 13.3. The highest BCUT2D eigenvalue weighted by molar-refractivity contribution is 7.92. The van der Waals surface area contributed by atoms with Crippen LogP contribution in [0.2, 0.25) is 5.02 Å². The summed E-state index contributed by atoms with van der Waals surface area (Å²) in [6.07, 6.45) is 1.83. The van der Waals surface area contributed by atoms with Gasteiger partial charge in [-0.2, -0.15) is 0 Å². The molecule has 0 spiro atoms. The maximum Gasteiger partial charge on any atom is 0.261 e. The van der Waals surface area contributed by atoms with Crippen molar-refractivity contribution in [3.8, 4) is 0 Å². The third-order valence-electron chi connectivity index (χ3n) is 3.81. The Morgan fingerprint density at radius 1 is 1.11 bits per heavy atom. The number of anilines is 1. The van der Waals surface area contributed by atoms with Gasteiger partial charge in [-0.05, 0) is 69.2 Å². The molecular formula is C20H25ClN2O4S. The summed E-state index contributed by atoms with van der Waals surface area (Å²) in [7, 11) is -3.81. The van der Waals surface area contributed by atoms with Gasteiger partial charge in [-0.3, -0.25) is 9.52 Å². The van der Waals surface area contributed by atoms with E-state index in [0.29, 0.717) is 23.9 Å². The van der Waals surface area contributed by atoms with Gasteiger partial charge in [0.2, 0.25) is 0 Å². The van der Waals surface area contributed by atoms with Gasteiger partial charge in [0.15, 0.2) is 0 Å². The van der Waals surface area contributed by atoms with Crippen molar-refractivity contribution in [2.45, 2.75) is 37.7 Å². The van der Waals surface area contributed by atoms with Crippen LogP contribution < -0.4 is 10.0 Å². The van der Waals surface area contributed by atoms with Crippen LogP contribution in [0.3, 0.4) is 0 Å². The number of amides is 1. The van der Waals surface area contributed by atoms with E-state index in [9.17, 15) is 13.2 Å². The molecule has 0 aliphatic heterocycles. The minimum absolute atomic E-state index is 0.0143. The smallest absolute Gasteiger partial charge is 0.261 e.